The molecular weight excluding hydrogens is 292 g/mol. The summed E-state index contributed by atoms with van der Waals surface area (Å²) in [7, 11) is 1.54. The number of nitrogens with one attached hydrogen (secondary N) is 2. The molecule has 0 saturated carbocycles. The van der Waals surface area contributed by atoms with Crippen LogP contribution in [-0.4, -0.2) is 36.7 Å². The highest BCUT2D eigenvalue weighted by Gasteiger charge is 2.05. The van der Waals surface area contributed by atoms with Crippen molar-refractivity contribution in [1.82, 2.24) is 0 Å². The second-order valence-corrected chi connectivity index (χ2v) is 4.83. The number of nitrogens with zero attached hydrogens (tertiary/aromatic N) is 1. The molecule has 2 rings (SSSR count). The highest BCUT2D eigenvalue weighted by atomic mass is 16.5. The number of hydrogen-bond donors (Lipinski definition) is 4. The van der Waals surface area contributed by atoms with Crippen molar-refractivity contribution in [1.29, 1.82) is 10.8 Å². The van der Waals surface area contributed by atoms with Gasteiger partial charge in [0.2, 0.25) is 0 Å². The average Bonchev–Trinajstić information content (AvgIpc) is 2.55. The summed E-state index contributed by atoms with van der Waals surface area (Å²) in [5.41, 5.74) is 7.36. The molecule has 5 N–H and O–H groups in total. The smallest absolute Gasteiger partial charge is 0.140 e. The number of methoxy groups -OCH3 is 1. The minimum Gasteiger partial charge on any atom is -0.506 e. The lowest BCUT2D eigenvalue weighted by molar-refractivity contribution is 0.307. The third kappa shape index (κ3) is 5.18. The van der Waals surface area contributed by atoms with Crippen molar-refractivity contribution >= 4 is 22.8 Å². The summed E-state index contributed by atoms with van der Waals surface area (Å²) in [6.45, 7) is 6.02. The Morgan fingerprint density at radius 1 is 1.13 bits per heavy atom. The van der Waals surface area contributed by atoms with Gasteiger partial charge in [0.1, 0.15) is 11.5 Å². The second-order valence-electron chi connectivity index (χ2n) is 4.83. The van der Waals surface area contributed by atoms with Gasteiger partial charge in [-0.3, -0.25) is 10.8 Å². The Kier molecular flexibility index (Phi) is 6.86. The lowest BCUT2D eigenvalue weighted by Crippen LogP contribution is -2.21. The van der Waals surface area contributed by atoms with Crippen LogP contribution in [0.1, 0.15) is 13.8 Å². The Morgan fingerprint density at radius 3 is 2.26 bits per heavy atom. The normalized spacial score (nSPS) is 13.1. The van der Waals surface area contributed by atoms with E-state index in [4.69, 9.17) is 21.3 Å². The van der Waals surface area contributed by atoms with Gasteiger partial charge in [0.15, 0.2) is 0 Å². The first kappa shape index (κ1) is 18.3. The van der Waals surface area contributed by atoms with Crippen molar-refractivity contribution in [2.45, 2.75) is 13.8 Å². The molecule has 0 bridgehead atoms. The first-order valence-corrected chi connectivity index (χ1v) is 7.37. The van der Waals surface area contributed by atoms with Crippen LogP contribution in [0, 0.1) is 10.8 Å². The number of aromatic hydroxyl groups is 1. The molecule has 0 aromatic heterocycles. The van der Waals surface area contributed by atoms with E-state index in [9.17, 15) is 5.11 Å². The zero-order chi connectivity index (χ0) is 17.4. The maximum Gasteiger partial charge on any atom is 0.140 e. The van der Waals surface area contributed by atoms with Gasteiger partial charge in [-0.1, -0.05) is 0 Å². The van der Waals surface area contributed by atoms with Gasteiger partial charge in [-0.25, -0.2) is 0 Å². The van der Waals surface area contributed by atoms with Crippen LogP contribution < -0.4 is 10.6 Å². The van der Waals surface area contributed by atoms with Gasteiger partial charge in [-0.05, 0) is 38.1 Å². The number of phenolic OH excluding ortho intramolecular Hbond substituents is 1. The van der Waals surface area contributed by atoms with E-state index in [1.165, 1.54) is 6.08 Å². The summed E-state index contributed by atoms with van der Waals surface area (Å²) in [6, 6.07) is 5.34. The molecule has 1 aliphatic rings. The minimum atomic E-state index is 0.157. The van der Waals surface area contributed by atoms with Gasteiger partial charge >= 0.3 is 0 Å². The van der Waals surface area contributed by atoms with E-state index >= 15 is 0 Å². The van der Waals surface area contributed by atoms with Crippen molar-refractivity contribution in [3.8, 4) is 5.75 Å². The van der Waals surface area contributed by atoms with Crippen molar-refractivity contribution in [2.24, 2.45) is 0 Å². The van der Waals surface area contributed by atoms with Gasteiger partial charge in [-0.2, -0.15) is 0 Å². The van der Waals surface area contributed by atoms with Gasteiger partial charge < -0.3 is 20.5 Å². The van der Waals surface area contributed by atoms with Crippen LogP contribution in [0.15, 0.2) is 42.2 Å². The molecule has 1 aliphatic carbocycles. The first-order chi connectivity index (χ1) is 10.9. The average molecular weight is 316 g/mol. The predicted octanol–water partition coefficient (Wildman–Crippen LogP) is 2.95. The van der Waals surface area contributed by atoms with Gasteiger partial charge in [0.05, 0.1) is 24.2 Å². The molecule has 0 atom stereocenters. The summed E-state index contributed by atoms with van der Waals surface area (Å²) in [5, 5.41) is 23.7. The monoisotopic (exact) mass is 316 g/mol. The molecule has 0 radical (unpaired) electrons. The summed E-state index contributed by atoms with van der Waals surface area (Å²) in [5.74, 6) is 0.783. The molecule has 1 aromatic carbocycles. The molecule has 0 fully saturated rings. The fraction of sp³-hybridized carbons (Fsp3) is 0.294. The first-order valence-electron chi connectivity index (χ1n) is 7.37. The fourth-order valence-corrected chi connectivity index (χ4v) is 1.97. The highest BCUT2D eigenvalue weighted by molar-refractivity contribution is 6.48. The third-order valence-corrected chi connectivity index (χ3v) is 3.37. The quantitative estimate of drug-likeness (QED) is 0.389. The molecule has 1 aromatic rings. The maximum absolute atomic E-state index is 9.39. The maximum atomic E-state index is 9.39. The molecule has 6 nitrogen and oxygen atoms in total. The number of nitrogen functional groups attached to an aromatic ring is 1. The van der Waals surface area contributed by atoms with E-state index in [-0.39, 0.29) is 17.2 Å². The largest absolute Gasteiger partial charge is 0.506 e. The van der Waals surface area contributed by atoms with Crippen LogP contribution in [0.3, 0.4) is 0 Å². The summed E-state index contributed by atoms with van der Waals surface area (Å²) < 4.78 is 4.85. The number of ether oxygens (including phenoxy) is 1. The highest BCUT2D eigenvalue weighted by Crippen LogP contribution is 2.25. The molecule has 0 unspecified atom stereocenters. The molecule has 0 saturated heterocycles. The van der Waals surface area contributed by atoms with Gasteiger partial charge in [-0.15, -0.1) is 0 Å². The topological polar surface area (TPSA) is 106 Å². The molecule has 6 heteroatoms. The van der Waals surface area contributed by atoms with Crippen LogP contribution in [0.5, 0.6) is 5.75 Å². The number of anilines is 2. The number of phenols is 1. The van der Waals surface area contributed by atoms with Gasteiger partial charge in [0, 0.05) is 30.9 Å². The van der Waals surface area contributed by atoms with E-state index in [2.05, 4.69) is 18.7 Å². The fourth-order valence-electron chi connectivity index (χ4n) is 1.97. The zero-order valence-electron chi connectivity index (χ0n) is 13.8. The van der Waals surface area contributed by atoms with Crippen LogP contribution in [0.4, 0.5) is 11.4 Å². The van der Waals surface area contributed by atoms with Gasteiger partial charge in [0.25, 0.3) is 0 Å². The number of rotatable bonds is 4. The lowest BCUT2D eigenvalue weighted by Gasteiger charge is -2.21. The van der Waals surface area contributed by atoms with Crippen LogP contribution in [0.25, 0.3) is 0 Å². The number of allylic oxidation sites excluding steroid dienone is 3. The molecule has 0 spiro atoms. The SMILES string of the molecule is CCN(CC)c1ccc(N)c(O)c1.COC1=CC(=N)C(=N)C=C1. The molecule has 0 amide bonds. The standard InChI is InChI=1S/C10H16N2O.C7H8N2O/c1-3-12(4-2)8-5-6-9(11)10(13)7-8;1-10-5-2-3-6(8)7(9)4-5/h5-7,13H,3-4,11H2,1-2H3;2-4,8-9H,1H3. The van der Waals surface area contributed by atoms with Crippen molar-refractivity contribution in [3.63, 3.8) is 0 Å². The van der Waals surface area contributed by atoms with Crippen molar-refractivity contribution in [2.75, 3.05) is 30.8 Å². The summed E-state index contributed by atoms with van der Waals surface area (Å²) in [4.78, 5) is 2.15. The van der Waals surface area contributed by atoms with E-state index in [0.29, 0.717) is 11.4 Å². The molecule has 0 aliphatic heterocycles. The number of hydrogen-bond acceptors (Lipinski definition) is 6. The molecule has 23 heavy (non-hydrogen) atoms. The van der Waals surface area contributed by atoms with Crippen LogP contribution in [0.2, 0.25) is 0 Å². The minimum absolute atomic E-state index is 0.157. The van der Waals surface area contributed by atoms with Crippen LogP contribution in [-0.2, 0) is 4.74 Å². The Hall–Kier alpha value is -2.76. The molecular formula is C17H24N4O2. The van der Waals surface area contributed by atoms with E-state index in [0.717, 1.165) is 18.8 Å². The van der Waals surface area contributed by atoms with Crippen molar-refractivity contribution < 1.29 is 9.84 Å². The van der Waals surface area contributed by atoms with E-state index in [1.807, 2.05) is 6.07 Å². The Bertz CT molecular complexity index is 631. The van der Waals surface area contributed by atoms with Crippen LogP contribution >= 0.6 is 0 Å². The Balaban J connectivity index is 0.000000238. The predicted molar refractivity (Wildman–Crippen MR) is 95.8 cm³/mol. The summed E-state index contributed by atoms with van der Waals surface area (Å²) in [6.07, 6.45) is 4.73. The van der Waals surface area contributed by atoms with E-state index < -0.39 is 0 Å². The Labute approximate surface area is 136 Å². The number of nitrogens with two attached hydrogens (primary N) is 1. The summed E-state index contributed by atoms with van der Waals surface area (Å²) >= 11 is 0. The zero-order valence-corrected chi connectivity index (χ0v) is 13.8. The van der Waals surface area contributed by atoms with E-state index in [1.54, 1.807) is 31.4 Å². The number of benzene rings is 1. The third-order valence-electron chi connectivity index (χ3n) is 3.37. The Morgan fingerprint density at radius 2 is 1.78 bits per heavy atom. The lowest BCUT2D eigenvalue weighted by atomic mass is 10.1. The second kappa shape index (κ2) is 8.63. The molecule has 0 heterocycles. The molecule has 124 valence electrons. The van der Waals surface area contributed by atoms with Crippen molar-refractivity contribution in [3.05, 3.63) is 42.2 Å².